The normalized spacial score (nSPS) is 10.7. The highest BCUT2D eigenvalue weighted by atomic mass is 16.1. The first-order chi connectivity index (χ1) is 16.2. The lowest BCUT2D eigenvalue weighted by molar-refractivity contribution is -0.107. The van der Waals surface area contributed by atoms with E-state index in [1.807, 2.05) is 71.4 Å². The fourth-order valence-electron chi connectivity index (χ4n) is 3.69. The van der Waals surface area contributed by atoms with Crippen LogP contribution in [0.15, 0.2) is 85.3 Å². The number of rotatable bonds is 10. The van der Waals surface area contributed by atoms with Gasteiger partial charge in [0.25, 0.3) is 5.91 Å². The lowest BCUT2D eigenvalue weighted by atomic mass is 10.0. The number of carbonyl (C=O) groups is 2. The number of benzene rings is 2. The summed E-state index contributed by atoms with van der Waals surface area (Å²) in [5.74, 6) is 0.273. The molecule has 0 aliphatic heterocycles. The first-order valence-electron chi connectivity index (χ1n) is 11.1. The fourth-order valence-corrected chi connectivity index (χ4v) is 3.69. The lowest BCUT2D eigenvalue weighted by Gasteiger charge is -2.10. The Morgan fingerprint density at radius 3 is 2.52 bits per heavy atom. The average Bonchev–Trinajstić information content (AvgIpc) is 3.27. The van der Waals surface area contributed by atoms with E-state index in [-0.39, 0.29) is 5.91 Å². The number of aldehydes is 1. The van der Waals surface area contributed by atoms with Crippen molar-refractivity contribution in [2.24, 2.45) is 0 Å². The van der Waals surface area contributed by atoms with Crippen molar-refractivity contribution in [2.45, 2.75) is 32.1 Å². The number of amides is 1. The van der Waals surface area contributed by atoms with Crippen LogP contribution in [-0.4, -0.2) is 26.7 Å². The molecule has 2 aromatic carbocycles. The zero-order chi connectivity index (χ0) is 22.9. The molecule has 2 aromatic heterocycles. The summed E-state index contributed by atoms with van der Waals surface area (Å²) in [5.41, 5.74) is 4.35. The summed E-state index contributed by atoms with van der Waals surface area (Å²) in [4.78, 5) is 32.4. The Hall–Kier alpha value is -4.06. The average molecular weight is 439 g/mol. The van der Waals surface area contributed by atoms with E-state index >= 15 is 0 Å². The van der Waals surface area contributed by atoms with Crippen molar-refractivity contribution in [2.75, 3.05) is 5.32 Å². The highest BCUT2D eigenvalue weighted by Crippen LogP contribution is 2.22. The number of pyridine rings is 1. The first kappa shape index (κ1) is 22.1. The largest absolute Gasteiger partial charge is 0.303 e. The van der Waals surface area contributed by atoms with Gasteiger partial charge in [0.15, 0.2) is 0 Å². The van der Waals surface area contributed by atoms with Crippen LogP contribution in [0.1, 0.15) is 41.7 Å². The van der Waals surface area contributed by atoms with Gasteiger partial charge in [-0.3, -0.25) is 19.7 Å². The van der Waals surface area contributed by atoms with Gasteiger partial charge in [-0.2, -0.15) is 0 Å². The molecule has 0 aliphatic rings. The maximum atomic E-state index is 13.1. The van der Waals surface area contributed by atoms with Crippen LogP contribution in [0, 0.1) is 0 Å². The van der Waals surface area contributed by atoms with Crippen LogP contribution in [0.25, 0.3) is 16.8 Å². The molecule has 0 bridgehead atoms. The summed E-state index contributed by atoms with van der Waals surface area (Å²) in [5, 5.41) is 2.99. The van der Waals surface area contributed by atoms with E-state index < -0.39 is 0 Å². The second kappa shape index (κ2) is 11.0. The monoisotopic (exact) mass is 438 g/mol. The van der Waals surface area contributed by atoms with Crippen molar-refractivity contribution in [3.63, 3.8) is 0 Å². The topological polar surface area (TPSA) is 76.9 Å². The molecular formula is C27H26N4O2. The molecule has 0 saturated heterocycles. The number of imidazole rings is 1. The standard InChI is InChI=1S/C27H26N4O2/c32-18-7-2-1-4-11-24-20-31(25-12-5-3-6-13-25)27(29-24)30-26(33)23-10-8-9-22(19-23)21-14-16-28-17-15-21/h3,5-6,8-10,12-20H,1-2,4,7,11H2,(H,29,30,33). The van der Waals surface area contributed by atoms with Gasteiger partial charge in [0.2, 0.25) is 5.95 Å². The molecule has 33 heavy (non-hydrogen) atoms. The number of nitrogens with zero attached hydrogens (tertiary/aromatic N) is 3. The Morgan fingerprint density at radius 2 is 1.73 bits per heavy atom. The van der Waals surface area contributed by atoms with Gasteiger partial charge in [-0.1, -0.05) is 36.8 Å². The number of hydrogen-bond donors (Lipinski definition) is 1. The SMILES string of the molecule is O=CCCCCCc1cn(-c2ccccc2)c(NC(=O)c2cccc(-c3ccncc3)c2)n1. The van der Waals surface area contributed by atoms with Gasteiger partial charge >= 0.3 is 0 Å². The predicted molar refractivity (Wildman–Crippen MR) is 129 cm³/mol. The molecule has 0 aliphatic carbocycles. The maximum absolute atomic E-state index is 13.1. The van der Waals surface area contributed by atoms with Gasteiger partial charge < -0.3 is 4.79 Å². The van der Waals surface area contributed by atoms with Crippen molar-refractivity contribution in [1.82, 2.24) is 14.5 Å². The molecule has 0 atom stereocenters. The van der Waals surface area contributed by atoms with E-state index in [9.17, 15) is 9.59 Å². The van der Waals surface area contributed by atoms with Crippen molar-refractivity contribution in [3.05, 3.63) is 96.6 Å². The number of aromatic nitrogens is 3. The van der Waals surface area contributed by atoms with E-state index in [0.717, 1.165) is 54.5 Å². The molecule has 0 saturated carbocycles. The molecule has 4 aromatic rings. The number of para-hydroxylation sites is 1. The molecule has 0 radical (unpaired) electrons. The third-order valence-electron chi connectivity index (χ3n) is 5.41. The molecule has 0 spiro atoms. The molecule has 1 N–H and O–H groups in total. The van der Waals surface area contributed by atoms with Gasteiger partial charge in [-0.05, 0) is 66.8 Å². The minimum absolute atomic E-state index is 0.216. The van der Waals surface area contributed by atoms with Crippen LogP contribution < -0.4 is 5.32 Å². The summed E-state index contributed by atoms with van der Waals surface area (Å²) in [6.45, 7) is 0. The van der Waals surface area contributed by atoms with Crippen molar-refractivity contribution in [1.29, 1.82) is 0 Å². The smallest absolute Gasteiger partial charge is 0.258 e. The first-order valence-corrected chi connectivity index (χ1v) is 11.1. The predicted octanol–water partition coefficient (Wildman–Crippen LogP) is 5.49. The summed E-state index contributed by atoms with van der Waals surface area (Å²) in [6.07, 6.45) is 10.6. The second-order valence-electron chi connectivity index (χ2n) is 7.80. The number of anilines is 1. The minimum Gasteiger partial charge on any atom is -0.303 e. The Labute approximate surface area is 193 Å². The van der Waals surface area contributed by atoms with Crippen LogP contribution in [-0.2, 0) is 11.2 Å². The fraction of sp³-hybridized carbons (Fsp3) is 0.185. The van der Waals surface area contributed by atoms with Crippen molar-refractivity contribution >= 4 is 18.1 Å². The number of hydrogen-bond acceptors (Lipinski definition) is 4. The van der Waals surface area contributed by atoms with Crippen molar-refractivity contribution in [3.8, 4) is 16.8 Å². The number of aryl methyl sites for hydroxylation is 1. The Kier molecular flexibility index (Phi) is 7.38. The quantitative estimate of drug-likeness (QED) is 0.262. The van der Waals surface area contributed by atoms with Gasteiger partial charge in [0, 0.05) is 36.3 Å². The Balaban J connectivity index is 1.55. The zero-order valence-electron chi connectivity index (χ0n) is 18.4. The Morgan fingerprint density at radius 1 is 0.909 bits per heavy atom. The van der Waals surface area contributed by atoms with Gasteiger partial charge in [-0.15, -0.1) is 0 Å². The summed E-state index contributed by atoms with van der Waals surface area (Å²) >= 11 is 0. The van der Waals surface area contributed by atoms with E-state index in [0.29, 0.717) is 17.9 Å². The minimum atomic E-state index is -0.216. The van der Waals surface area contributed by atoms with E-state index in [2.05, 4.69) is 10.3 Å². The number of nitrogens with one attached hydrogen (secondary N) is 1. The number of carbonyl (C=O) groups excluding carboxylic acids is 2. The van der Waals surface area contributed by atoms with Crippen molar-refractivity contribution < 1.29 is 9.59 Å². The molecule has 6 heteroatoms. The molecule has 1 amide bonds. The summed E-state index contributed by atoms with van der Waals surface area (Å²) < 4.78 is 1.91. The zero-order valence-corrected chi connectivity index (χ0v) is 18.4. The molecule has 6 nitrogen and oxygen atoms in total. The molecule has 4 rings (SSSR count). The van der Waals surface area contributed by atoms with Crippen LogP contribution in [0.2, 0.25) is 0 Å². The van der Waals surface area contributed by atoms with Crippen LogP contribution >= 0.6 is 0 Å². The van der Waals surface area contributed by atoms with Crippen LogP contribution in [0.4, 0.5) is 5.95 Å². The van der Waals surface area contributed by atoms with E-state index in [1.165, 1.54) is 0 Å². The second-order valence-corrected chi connectivity index (χ2v) is 7.80. The molecule has 166 valence electrons. The van der Waals surface area contributed by atoms with Gasteiger partial charge in [-0.25, -0.2) is 4.98 Å². The van der Waals surface area contributed by atoms with Gasteiger partial charge in [0.05, 0.1) is 5.69 Å². The van der Waals surface area contributed by atoms with E-state index in [1.54, 1.807) is 18.5 Å². The highest BCUT2D eigenvalue weighted by Gasteiger charge is 2.14. The van der Waals surface area contributed by atoms with E-state index in [4.69, 9.17) is 4.98 Å². The molecule has 0 unspecified atom stereocenters. The van der Waals surface area contributed by atoms with Crippen LogP contribution in [0.3, 0.4) is 0 Å². The molecular weight excluding hydrogens is 412 g/mol. The third-order valence-corrected chi connectivity index (χ3v) is 5.41. The maximum Gasteiger partial charge on any atom is 0.258 e. The molecule has 0 fully saturated rings. The third kappa shape index (κ3) is 5.80. The van der Waals surface area contributed by atoms with Gasteiger partial charge in [0.1, 0.15) is 6.29 Å². The number of unbranched alkanes of at least 4 members (excludes halogenated alkanes) is 3. The van der Waals surface area contributed by atoms with Crippen LogP contribution in [0.5, 0.6) is 0 Å². The summed E-state index contributed by atoms with van der Waals surface area (Å²) in [6, 6.07) is 21.2. The Bertz CT molecular complexity index is 1200. The molecule has 2 heterocycles. The lowest BCUT2D eigenvalue weighted by Crippen LogP contribution is -2.15. The summed E-state index contributed by atoms with van der Waals surface area (Å²) in [7, 11) is 0. The highest BCUT2D eigenvalue weighted by molar-refractivity contribution is 6.04.